The van der Waals surface area contributed by atoms with Crippen molar-refractivity contribution in [2.24, 2.45) is 39.9 Å². The topological polar surface area (TPSA) is 43.4 Å². The van der Waals surface area contributed by atoms with Crippen LogP contribution in [0.5, 0.6) is 0 Å². The summed E-state index contributed by atoms with van der Waals surface area (Å²) in [5, 5.41) is 0. The van der Waals surface area contributed by atoms with Crippen LogP contribution in [-0.2, 0) is 14.3 Å². The maximum Gasteiger partial charge on any atom is 0.306 e. The lowest BCUT2D eigenvalue weighted by molar-refractivity contribution is -0.160. The third-order valence-electron chi connectivity index (χ3n) is 11.3. The van der Waals surface area contributed by atoms with Gasteiger partial charge in [-0.3, -0.25) is 9.59 Å². The van der Waals surface area contributed by atoms with Crippen molar-refractivity contribution in [1.29, 1.82) is 0 Å². The number of fused-ring (bicyclic) bond motifs is 9. The van der Waals surface area contributed by atoms with Crippen LogP contribution in [0.15, 0.2) is 23.3 Å². The van der Waals surface area contributed by atoms with Crippen LogP contribution in [0.25, 0.3) is 0 Å². The van der Waals surface area contributed by atoms with E-state index in [-0.39, 0.29) is 28.3 Å². The first-order chi connectivity index (χ1) is 13.8. The SMILES string of the molecule is CC12C3=CCC4(C)C(CCC45CCC(=O)O5)C3CC3(CC3)C1=CC(=O)C1CCC12. The van der Waals surface area contributed by atoms with Crippen LogP contribution in [-0.4, -0.2) is 17.4 Å². The number of hydrogen-bond donors (Lipinski definition) is 0. The summed E-state index contributed by atoms with van der Waals surface area (Å²) in [5.41, 5.74) is 3.47. The molecule has 0 aromatic rings. The van der Waals surface area contributed by atoms with Gasteiger partial charge in [-0.2, -0.15) is 0 Å². The first kappa shape index (κ1) is 17.3. The van der Waals surface area contributed by atoms with E-state index in [0.29, 0.717) is 35.4 Å². The Morgan fingerprint density at radius 1 is 0.966 bits per heavy atom. The molecule has 0 amide bonds. The number of hydrogen-bond acceptors (Lipinski definition) is 3. The minimum Gasteiger partial charge on any atom is -0.458 e. The van der Waals surface area contributed by atoms with Gasteiger partial charge in [0.05, 0.1) is 0 Å². The molecule has 5 fully saturated rings. The Kier molecular flexibility index (Phi) is 2.94. The number of ether oxygens (including phenoxy) is 1. The first-order valence-corrected chi connectivity index (χ1v) is 12.0. The van der Waals surface area contributed by atoms with Crippen LogP contribution in [0.4, 0.5) is 0 Å². The van der Waals surface area contributed by atoms with Gasteiger partial charge >= 0.3 is 5.97 Å². The van der Waals surface area contributed by atoms with Crippen molar-refractivity contribution in [1.82, 2.24) is 0 Å². The number of carbonyl (C=O) groups is 2. The van der Waals surface area contributed by atoms with E-state index in [2.05, 4.69) is 26.0 Å². The smallest absolute Gasteiger partial charge is 0.306 e. The molecule has 1 saturated heterocycles. The summed E-state index contributed by atoms with van der Waals surface area (Å²) >= 11 is 0. The standard InChI is InChI=1S/C26H32O3/c1-23-8-5-19-16(17(23)6-9-26(23)10-7-22(28)29-26)14-25(11-12-25)21-13-20(27)15-3-4-18(15)24(19,21)2/h5,13,15-18H,3-4,6-12,14H2,1-2H3. The Morgan fingerprint density at radius 3 is 2.45 bits per heavy atom. The normalized spacial score (nSPS) is 53.3. The monoisotopic (exact) mass is 392 g/mol. The van der Waals surface area contributed by atoms with Gasteiger partial charge in [0.15, 0.2) is 5.78 Å². The van der Waals surface area contributed by atoms with Gasteiger partial charge in [-0.25, -0.2) is 0 Å². The molecule has 7 unspecified atom stereocenters. The van der Waals surface area contributed by atoms with Gasteiger partial charge in [0.1, 0.15) is 5.60 Å². The van der Waals surface area contributed by atoms with E-state index < -0.39 is 0 Å². The Labute approximate surface area is 173 Å². The number of esters is 1. The van der Waals surface area contributed by atoms with E-state index in [9.17, 15) is 9.59 Å². The number of carbonyl (C=O) groups excluding carboxylic acids is 2. The third-order valence-corrected chi connectivity index (χ3v) is 11.3. The number of rotatable bonds is 0. The van der Waals surface area contributed by atoms with Gasteiger partial charge in [-0.05, 0) is 87.0 Å². The quantitative estimate of drug-likeness (QED) is 0.423. The molecule has 3 heteroatoms. The molecule has 0 radical (unpaired) electrons. The van der Waals surface area contributed by atoms with Crippen molar-refractivity contribution in [2.45, 2.75) is 83.7 Å². The lowest BCUT2D eigenvalue weighted by Crippen LogP contribution is -2.57. The summed E-state index contributed by atoms with van der Waals surface area (Å²) in [6.45, 7) is 4.93. The molecule has 2 spiro atoms. The lowest BCUT2D eigenvalue weighted by Gasteiger charge is -2.62. The van der Waals surface area contributed by atoms with E-state index in [1.165, 1.54) is 37.7 Å². The van der Waals surface area contributed by atoms with Crippen LogP contribution in [0.3, 0.4) is 0 Å². The van der Waals surface area contributed by atoms with Gasteiger partial charge in [0.2, 0.25) is 0 Å². The lowest BCUT2D eigenvalue weighted by atomic mass is 9.41. The zero-order valence-electron chi connectivity index (χ0n) is 17.8. The molecule has 0 aromatic heterocycles. The van der Waals surface area contributed by atoms with Gasteiger partial charge < -0.3 is 4.74 Å². The van der Waals surface area contributed by atoms with E-state index in [0.717, 1.165) is 25.7 Å². The van der Waals surface area contributed by atoms with Crippen molar-refractivity contribution >= 4 is 11.8 Å². The van der Waals surface area contributed by atoms with E-state index in [1.807, 2.05) is 0 Å². The first-order valence-electron chi connectivity index (χ1n) is 12.0. The van der Waals surface area contributed by atoms with Crippen molar-refractivity contribution < 1.29 is 14.3 Å². The Balaban J connectivity index is 1.37. The summed E-state index contributed by atoms with van der Waals surface area (Å²) in [6.07, 6.45) is 15.6. The minimum atomic E-state index is -0.216. The minimum absolute atomic E-state index is 0.0178. The van der Waals surface area contributed by atoms with Crippen LogP contribution in [0, 0.1) is 39.9 Å². The fourth-order valence-electron chi connectivity index (χ4n) is 9.41. The molecule has 0 bridgehead atoms. The number of allylic oxidation sites excluding steroid dienone is 4. The highest BCUT2D eigenvalue weighted by molar-refractivity contribution is 5.95. The van der Waals surface area contributed by atoms with Crippen LogP contribution < -0.4 is 0 Å². The molecule has 29 heavy (non-hydrogen) atoms. The highest BCUT2D eigenvalue weighted by atomic mass is 16.6. The van der Waals surface area contributed by atoms with E-state index in [4.69, 9.17) is 4.74 Å². The molecule has 1 aliphatic heterocycles. The zero-order valence-corrected chi connectivity index (χ0v) is 17.8. The highest BCUT2D eigenvalue weighted by Gasteiger charge is 2.71. The number of ketones is 1. The van der Waals surface area contributed by atoms with Crippen molar-refractivity contribution in [3.8, 4) is 0 Å². The predicted octanol–water partition coefficient (Wildman–Crippen LogP) is 5.15. The van der Waals surface area contributed by atoms with Gasteiger partial charge in [-0.1, -0.05) is 31.1 Å². The average Bonchev–Trinajstić information content (AvgIpc) is 3.19. The molecule has 1 heterocycles. The molecule has 154 valence electrons. The van der Waals surface area contributed by atoms with Crippen LogP contribution in [0.2, 0.25) is 0 Å². The van der Waals surface area contributed by atoms with E-state index in [1.54, 1.807) is 5.57 Å². The van der Waals surface area contributed by atoms with Crippen molar-refractivity contribution in [3.63, 3.8) is 0 Å². The fraction of sp³-hybridized carbons (Fsp3) is 0.769. The van der Waals surface area contributed by atoms with Gasteiger partial charge in [-0.15, -0.1) is 0 Å². The molecular formula is C26H32O3. The van der Waals surface area contributed by atoms with Gasteiger partial charge in [0, 0.05) is 23.2 Å². The average molecular weight is 393 g/mol. The summed E-state index contributed by atoms with van der Waals surface area (Å²) in [4.78, 5) is 24.9. The second kappa shape index (κ2) is 4.92. The second-order valence-corrected chi connectivity index (χ2v) is 11.9. The Hall–Kier alpha value is -1.38. The fourth-order valence-corrected chi connectivity index (χ4v) is 9.41. The van der Waals surface area contributed by atoms with Gasteiger partial charge in [0.25, 0.3) is 0 Å². The van der Waals surface area contributed by atoms with Crippen molar-refractivity contribution in [3.05, 3.63) is 23.3 Å². The molecule has 4 saturated carbocycles. The van der Waals surface area contributed by atoms with Crippen LogP contribution >= 0.6 is 0 Å². The zero-order chi connectivity index (χ0) is 19.8. The Morgan fingerprint density at radius 2 is 1.79 bits per heavy atom. The molecule has 3 nitrogen and oxygen atoms in total. The molecule has 7 rings (SSSR count). The Bertz CT molecular complexity index is 922. The summed E-state index contributed by atoms with van der Waals surface area (Å²) in [7, 11) is 0. The van der Waals surface area contributed by atoms with E-state index >= 15 is 0 Å². The molecular weight excluding hydrogens is 360 g/mol. The predicted molar refractivity (Wildman–Crippen MR) is 109 cm³/mol. The molecule has 0 N–H and O–H groups in total. The summed E-state index contributed by atoms with van der Waals surface area (Å²) in [5.74, 6) is 2.50. The molecule has 7 aliphatic rings. The summed E-state index contributed by atoms with van der Waals surface area (Å²) in [6, 6.07) is 0. The molecule has 0 aromatic carbocycles. The largest absolute Gasteiger partial charge is 0.458 e. The van der Waals surface area contributed by atoms with Crippen molar-refractivity contribution in [2.75, 3.05) is 0 Å². The summed E-state index contributed by atoms with van der Waals surface area (Å²) < 4.78 is 6.10. The molecule has 7 atom stereocenters. The third kappa shape index (κ3) is 1.76. The maximum absolute atomic E-state index is 12.8. The maximum atomic E-state index is 12.8. The molecule has 6 aliphatic carbocycles. The second-order valence-electron chi connectivity index (χ2n) is 11.9. The highest BCUT2D eigenvalue weighted by Crippen LogP contribution is 2.77. The van der Waals surface area contributed by atoms with Crippen LogP contribution in [0.1, 0.15) is 78.1 Å².